The Morgan fingerprint density at radius 3 is 1.82 bits per heavy atom. The molecule has 0 heterocycles. The Bertz CT molecular complexity index is 515. The maximum Gasteiger partial charge on any atom is 0.0596 e. The molecule has 2 heteroatoms. The lowest BCUT2D eigenvalue weighted by Gasteiger charge is -2.16. The van der Waals surface area contributed by atoms with Crippen molar-refractivity contribution in [3.8, 4) is 0 Å². The predicted molar refractivity (Wildman–Crippen MR) is 102 cm³/mol. The number of allylic oxidation sites excluding steroid dienone is 2. The average molecular weight is 329 g/mol. The fourth-order valence-electron chi connectivity index (χ4n) is 2.12. The van der Waals surface area contributed by atoms with Gasteiger partial charge in [0.2, 0.25) is 0 Å². The quantitative estimate of drug-likeness (QED) is 0.221. The van der Waals surface area contributed by atoms with Crippen LogP contribution in [0.2, 0.25) is 0 Å². The Labute approximate surface area is 143 Å². The molecule has 0 spiro atoms. The van der Waals surface area contributed by atoms with Crippen molar-refractivity contribution in [2.75, 3.05) is 0 Å². The summed E-state index contributed by atoms with van der Waals surface area (Å²) in [5.74, 6) is 0. The van der Waals surface area contributed by atoms with E-state index >= 15 is 0 Å². The van der Waals surface area contributed by atoms with Gasteiger partial charge < -0.3 is 0 Å². The summed E-state index contributed by atoms with van der Waals surface area (Å²) in [7, 11) is 0. The van der Waals surface area contributed by atoms with Crippen LogP contribution in [-0.4, -0.2) is 4.58 Å². The van der Waals surface area contributed by atoms with E-state index in [0.717, 1.165) is 0 Å². The van der Waals surface area contributed by atoms with Crippen molar-refractivity contribution in [1.29, 1.82) is 0 Å². The molecule has 0 atom stereocenters. The first-order valence-electron chi connectivity index (χ1n) is 7.81. The van der Waals surface area contributed by atoms with Crippen molar-refractivity contribution in [2.24, 2.45) is 0 Å². The molecule has 2 aromatic carbocycles. The van der Waals surface area contributed by atoms with Gasteiger partial charge in [-0.2, -0.15) is 0 Å². The SMILES string of the molecule is CC(C)=CCCCC(Sc1ccccc1)Sc1ccccc1. The van der Waals surface area contributed by atoms with E-state index in [1.807, 2.05) is 23.5 Å². The van der Waals surface area contributed by atoms with Gasteiger partial charge in [-0.25, -0.2) is 0 Å². The van der Waals surface area contributed by atoms with Gasteiger partial charge in [-0.15, -0.1) is 23.5 Å². The van der Waals surface area contributed by atoms with Crippen LogP contribution in [0.15, 0.2) is 82.1 Å². The number of hydrogen-bond donors (Lipinski definition) is 0. The molecule has 116 valence electrons. The second-order valence-corrected chi connectivity index (χ2v) is 8.35. The monoisotopic (exact) mass is 328 g/mol. The molecule has 0 aliphatic heterocycles. The topological polar surface area (TPSA) is 0 Å². The molecule has 22 heavy (non-hydrogen) atoms. The molecule has 0 radical (unpaired) electrons. The second kappa shape index (κ2) is 9.81. The summed E-state index contributed by atoms with van der Waals surface area (Å²) in [4.78, 5) is 2.72. The van der Waals surface area contributed by atoms with Crippen molar-refractivity contribution in [3.05, 3.63) is 72.3 Å². The van der Waals surface area contributed by atoms with Gasteiger partial charge in [-0.1, -0.05) is 48.0 Å². The Morgan fingerprint density at radius 2 is 1.36 bits per heavy atom. The Morgan fingerprint density at radius 1 is 0.864 bits per heavy atom. The van der Waals surface area contributed by atoms with Crippen molar-refractivity contribution >= 4 is 23.5 Å². The Kier molecular flexibility index (Phi) is 7.68. The molecule has 0 aromatic heterocycles. The molecule has 0 aliphatic carbocycles. The van der Waals surface area contributed by atoms with Crippen molar-refractivity contribution in [1.82, 2.24) is 0 Å². The Hall–Kier alpha value is -1.12. The number of hydrogen-bond acceptors (Lipinski definition) is 2. The van der Waals surface area contributed by atoms with Crippen LogP contribution in [0.5, 0.6) is 0 Å². The van der Waals surface area contributed by atoms with Gasteiger partial charge in [-0.05, 0) is 57.4 Å². The molecule has 0 nitrogen and oxygen atoms in total. The summed E-state index contributed by atoms with van der Waals surface area (Å²) in [5.41, 5.74) is 1.42. The van der Waals surface area contributed by atoms with Crippen LogP contribution in [0.1, 0.15) is 33.1 Å². The third-order valence-electron chi connectivity index (χ3n) is 3.22. The number of benzene rings is 2. The zero-order valence-electron chi connectivity index (χ0n) is 13.4. The van der Waals surface area contributed by atoms with Crippen LogP contribution >= 0.6 is 23.5 Å². The minimum absolute atomic E-state index is 0.565. The Balaban J connectivity index is 1.95. The second-order valence-electron chi connectivity index (χ2n) is 5.50. The minimum atomic E-state index is 0.565. The number of rotatable bonds is 8. The van der Waals surface area contributed by atoms with Gasteiger partial charge in [0.25, 0.3) is 0 Å². The molecular weight excluding hydrogens is 304 g/mol. The average Bonchev–Trinajstić information content (AvgIpc) is 2.53. The summed E-state index contributed by atoms with van der Waals surface area (Å²) in [6, 6.07) is 21.5. The first kappa shape index (κ1) is 17.2. The predicted octanol–water partition coefficient (Wildman–Crippen LogP) is 7.03. The van der Waals surface area contributed by atoms with Gasteiger partial charge >= 0.3 is 0 Å². The fraction of sp³-hybridized carbons (Fsp3) is 0.300. The third kappa shape index (κ3) is 6.76. The fourth-order valence-corrected chi connectivity index (χ4v) is 4.78. The lowest BCUT2D eigenvalue weighted by molar-refractivity contribution is 0.799. The first-order chi connectivity index (χ1) is 10.7. The van der Waals surface area contributed by atoms with Gasteiger partial charge in [0.05, 0.1) is 4.58 Å². The van der Waals surface area contributed by atoms with Gasteiger partial charge in [-0.3, -0.25) is 0 Å². The lowest BCUT2D eigenvalue weighted by Crippen LogP contribution is -1.97. The van der Waals surface area contributed by atoms with Gasteiger partial charge in [0, 0.05) is 9.79 Å². The molecule has 0 amide bonds. The molecule has 0 aliphatic rings. The number of unbranched alkanes of at least 4 members (excludes halogenated alkanes) is 1. The van der Waals surface area contributed by atoms with E-state index in [0.29, 0.717) is 4.58 Å². The maximum atomic E-state index is 2.34. The van der Waals surface area contributed by atoms with E-state index in [-0.39, 0.29) is 0 Å². The largest absolute Gasteiger partial charge is 0.111 e. The standard InChI is InChI=1S/C20H24S2/c1-17(2)11-9-10-16-20(21-18-12-5-3-6-13-18)22-19-14-7-4-8-15-19/h3-8,11-15,20H,9-10,16H2,1-2H3. The highest BCUT2D eigenvalue weighted by Crippen LogP contribution is 2.38. The lowest BCUT2D eigenvalue weighted by atomic mass is 10.2. The van der Waals surface area contributed by atoms with Crippen molar-refractivity contribution < 1.29 is 0 Å². The van der Waals surface area contributed by atoms with E-state index in [1.165, 1.54) is 34.6 Å². The van der Waals surface area contributed by atoms with E-state index < -0.39 is 0 Å². The highest BCUT2D eigenvalue weighted by Gasteiger charge is 2.12. The minimum Gasteiger partial charge on any atom is -0.111 e. The molecule has 0 saturated carbocycles. The van der Waals surface area contributed by atoms with Crippen LogP contribution in [0, 0.1) is 0 Å². The molecule has 2 rings (SSSR count). The smallest absolute Gasteiger partial charge is 0.0596 e. The van der Waals surface area contributed by atoms with E-state index in [9.17, 15) is 0 Å². The molecule has 0 unspecified atom stereocenters. The van der Waals surface area contributed by atoms with Crippen LogP contribution in [0.25, 0.3) is 0 Å². The highest BCUT2D eigenvalue weighted by atomic mass is 32.2. The molecule has 0 bridgehead atoms. The van der Waals surface area contributed by atoms with E-state index in [4.69, 9.17) is 0 Å². The zero-order valence-corrected chi connectivity index (χ0v) is 15.0. The zero-order chi connectivity index (χ0) is 15.6. The third-order valence-corrected chi connectivity index (χ3v) is 5.88. The molecule has 0 fully saturated rings. The summed E-state index contributed by atoms with van der Waals surface area (Å²) >= 11 is 3.97. The van der Waals surface area contributed by atoms with E-state index in [2.05, 4.69) is 80.6 Å². The van der Waals surface area contributed by atoms with Gasteiger partial charge in [0.1, 0.15) is 0 Å². The van der Waals surface area contributed by atoms with Crippen LogP contribution in [0.3, 0.4) is 0 Å². The summed E-state index contributed by atoms with van der Waals surface area (Å²) in [6.07, 6.45) is 6.00. The highest BCUT2D eigenvalue weighted by molar-refractivity contribution is 8.17. The summed E-state index contributed by atoms with van der Waals surface area (Å²) < 4.78 is 0.565. The molecule has 0 saturated heterocycles. The van der Waals surface area contributed by atoms with Crippen LogP contribution < -0.4 is 0 Å². The first-order valence-corrected chi connectivity index (χ1v) is 9.57. The van der Waals surface area contributed by atoms with Crippen molar-refractivity contribution in [3.63, 3.8) is 0 Å². The number of thioether (sulfide) groups is 2. The summed E-state index contributed by atoms with van der Waals surface area (Å²) in [5, 5.41) is 0. The maximum absolute atomic E-state index is 2.34. The van der Waals surface area contributed by atoms with Crippen LogP contribution in [-0.2, 0) is 0 Å². The van der Waals surface area contributed by atoms with Crippen LogP contribution in [0.4, 0.5) is 0 Å². The van der Waals surface area contributed by atoms with E-state index in [1.54, 1.807) is 0 Å². The normalized spacial score (nSPS) is 10.7. The molecular formula is C20H24S2. The molecule has 0 N–H and O–H groups in total. The summed E-state index contributed by atoms with van der Waals surface area (Å²) in [6.45, 7) is 4.35. The molecule has 2 aromatic rings. The van der Waals surface area contributed by atoms with Gasteiger partial charge in [0.15, 0.2) is 0 Å². The van der Waals surface area contributed by atoms with Crippen molar-refractivity contribution in [2.45, 2.75) is 47.5 Å².